The van der Waals surface area contributed by atoms with Gasteiger partial charge in [-0.1, -0.05) is 6.07 Å². The number of carbonyl (C=O) groups excluding carboxylic acids is 1. The van der Waals surface area contributed by atoms with Crippen molar-refractivity contribution in [3.8, 4) is 16.0 Å². The van der Waals surface area contributed by atoms with Crippen molar-refractivity contribution in [3.63, 3.8) is 0 Å². The van der Waals surface area contributed by atoms with E-state index >= 15 is 0 Å². The molecule has 0 aliphatic heterocycles. The van der Waals surface area contributed by atoms with Crippen LogP contribution < -0.4 is 5.32 Å². The van der Waals surface area contributed by atoms with Gasteiger partial charge in [0.1, 0.15) is 16.6 Å². The highest BCUT2D eigenvalue weighted by Gasteiger charge is 2.12. The lowest BCUT2D eigenvalue weighted by atomic mass is 10.2. The maximum Gasteiger partial charge on any atom is 0.335 e. The first-order chi connectivity index (χ1) is 12.6. The van der Waals surface area contributed by atoms with E-state index < -0.39 is 11.9 Å². The van der Waals surface area contributed by atoms with E-state index in [-0.39, 0.29) is 11.1 Å². The van der Waals surface area contributed by atoms with Crippen molar-refractivity contribution in [1.82, 2.24) is 4.98 Å². The average Bonchev–Trinajstić information content (AvgIpc) is 3.31. The highest BCUT2D eigenvalue weighted by Crippen LogP contribution is 2.28. The number of nitriles is 1. The van der Waals surface area contributed by atoms with Crippen LogP contribution in [-0.2, 0) is 4.79 Å². The van der Waals surface area contributed by atoms with Crippen LogP contribution in [0, 0.1) is 11.3 Å². The minimum absolute atomic E-state index is 0.0876. The summed E-state index contributed by atoms with van der Waals surface area (Å²) in [6, 6.07) is 11.4. The number of thiazole rings is 1. The predicted molar refractivity (Wildman–Crippen MR) is 101 cm³/mol. The molecule has 0 spiro atoms. The molecule has 2 aromatic heterocycles. The number of carbonyl (C=O) groups is 2. The number of hydrogen-bond acceptors (Lipinski definition) is 6. The molecule has 0 radical (unpaired) electrons. The van der Waals surface area contributed by atoms with Crippen molar-refractivity contribution in [2.75, 3.05) is 5.32 Å². The molecule has 0 aliphatic carbocycles. The second-order valence-electron chi connectivity index (χ2n) is 5.06. The van der Waals surface area contributed by atoms with E-state index in [0.717, 1.165) is 9.88 Å². The topological polar surface area (TPSA) is 103 Å². The van der Waals surface area contributed by atoms with Gasteiger partial charge in [0.15, 0.2) is 0 Å². The predicted octanol–water partition coefficient (Wildman–Crippen LogP) is 4.12. The van der Waals surface area contributed by atoms with Crippen LogP contribution in [0.25, 0.3) is 16.0 Å². The van der Waals surface area contributed by atoms with Crippen LogP contribution in [0.4, 0.5) is 5.69 Å². The van der Waals surface area contributed by atoms with E-state index in [2.05, 4.69) is 10.3 Å². The number of thiophene rings is 1. The van der Waals surface area contributed by atoms with Gasteiger partial charge in [0.2, 0.25) is 0 Å². The van der Waals surface area contributed by atoms with Crippen LogP contribution >= 0.6 is 22.7 Å². The molecule has 26 heavy (non-hydrogen) atoms. The van der Waals surface area contributed by atoms with E-state index in [4.69, 9.17) is 5.11 Å². The van der Waals surface area contributed by atoms with E-state index in [1.807, 2.05) is 23.6 Å². The first-order valence-electron chi connectivity index (χ1n) is 7.33. The maximum absolute atomic E-state index is 12.3. The van der Waals surface area contributed by atoms with Crippen molar-refractivity contribution in [1.29, 1.82) is 5.26 Å². The summed E-state index contributed by atoms with van der Waals surface area (Å²) in [6.45, 7) is 0. The molecule has 2 N–H and O–H groups in total. The van der Waals surface area contributed by atoms with Crippen LogP contribution in [0.15, 0.2) is 52.7 Å². The highest BCUT2D eigenvalue weighted by molar-refractivity contribution is 7.20. The van der Waals surface area contributed by atoms with Gasteiger partial charge in [-0.2, -0.15) is 5.26 Å². The molecular weight excluding hydrogens is 370 g/mol. The number of anilines is 1. The van der Waals surface area contributed by atoms with E-state index in [1.54, 1.807) is 16.7 Å². The van der Waals surface area contributed by atoms with Gasteiger partial charge in [0.25, 0.3) is 5.91 Å². The number of aromatic carboxylic acids is 1. The van der Waals surface area contributed by atoms with Crippen LogP contribution in [0.2, 0.25) is 0 Å². The quantitative estimate of drug-likeness (QED) is 0.511. The van der Waals surface area contributed by atoms with Crippen molar-refractivity contribution in [2.24, 2.45) is 0 Å². The molecule has 8 heteroatoms. The van der Waals surface area contributed by atoms with Gasteiger partial charge in [-0.15, -0.1) is 22.7 Å². The van der Waals surface area contributed by atoms with Gasteiger partial charge in [-0.25, -0.2) is 9.78 Å². The second-order valence-corrected chi connectivity index (χ2v) is 6.87. The number of carboxylic acid groups (broad SMARTS) is 1. The molecule has 3 aromatic rings. The smallest absolute Gasteiger partial charge is 0.335 e. The molecule has 3 rings (SSSR count). The Morgan fingerprint density at radius 3 is 2.58 bits per heavy atom. The third kappa shape index (κ3) is 4.03. The Hall–Kier alpha value is -3.28. The summed E-state index contributed by atoms with van der Waals surface area (Å²) in [5, 5.41) is 25.3. The minimum Gasteiger partial charge on any atom is -0.478 e. The Morgan fingerprint density at radius 1 is 1.19 bits per heavy atom. The lowest BCUT2D eigenvalue weighted by Crippen LogP contribution is -2.13. The number of hydrogen-bond donors (Lipinski definition) is 2. The van der Waals surface area contributed by atoms with Crippen LogP contribution in [0.3, 0.4) is 0 Å². The van der Waals surface area contributed by atoms with Gasteiger partial charge in [-0.3, -0.25) is 4.79 Å². The lowest BCUT2D eigenvalue weighted by Gasteiger charge is -2.04. The highest BCUT2D eigenvalue weighted by atomic mass is 32.1. The molecule has 128 valence electrons. The molecule has 0 atom stereocenters. The molecule has 1 amide bonds. The summed E-state index contributed by atoms with van der Waals surface area (Å²) in [6.07, 6.45) is 1.43. The molecule has 0 aliphatic rings. The average molecular weight is 381 g/mol. The SMILES string of the molecule is N#C/C(=C/c1csc(-c2cccs2)n1)C(=O)Nc1ccc(C(=O)O)cc1. The lowest BCUT2D eigenvalue weighted by molar-refractivity contribution is -0.112. The van der Waals surface area contributed by atoms with E-state index in [1.165, 1.54) is 41.7 Å². The van der Waals surface area contributed by atoms with Crippen molar-refractivity contribution in [3.05, 3.63) is 64.0 Å². The summed E-state index contributed by atoms with van der Waals surface area (Å²) < 4.78 is 0. The molecule has 6 nitrogen and oxygen atoms in total. The van der Waals surface area contributed by atoms with Crippen LogP contribution in [0.1, 0.15) is 16.1 Å². The maximum atomic E-state index is 12.3. The van der Waals surface area contributed by atoms with Gasteiger partial charge in [0.05, 0.1) is 16.1 Å². The summed E-state index contributed by atoms with van der Waals surface area (Å²) >= 11 is 3.00. The van der Waals surface area contributed by atoms with Gasteiger partial charge < -0.3 is 10.4 Å². The Labute approximate surface area is 156 Å². The largest absolute Gasteiger partial charge is 0.478 e. The van der Waals surface area contributed by atoms with Crippen molar-refractivity contribution < 1.29 is 14.7 Å². The number of benzene rings is 1. The number of nitrogens with one attached hydrogen (secondary N) is 1. The molecule has 0 saturated carbocycles. The minimum atomic E-state index is -1.05. The third-order valence-electron chi connectivity index (χ3n) is 3.30. The number of rotatable bonds is 5. The molecule has 0 saturated heterocycles. The fourth-order valence-electron chi connectivity index (χ4n) is 2.06. The molecule has 0 bridgehead atoms. The van der Waals surface area contributed by atoms with Gasteiger partial charge in [-0.05, 0) is 41.8 Å². The zero-order valence-corrected chi connectivity index (χ0v) is 14.8. The molecule has 1 aromatic carbocycles. The standard InChI is InChI=1S/C18H11N3O3S2/c19-9-12(8-14-10-26-17(21-14)15-2-1-7-25-15)16(22)20-13-5-3-11(4-6-13)18(23)24/h1-8,10H,(H,20,22)(H,23,24)/b12-8-. The Kier molecular flexibility index (Phi) is 5.22. The number of carboxylic acids is 1. The summed E-state index contributed by atoms with van der Waals surface area (Å²) in [7, 11) is 0. The zero-order valence-electron chi connectivity index (χ0n) is 13.2. The first kappa shape index (κ1) is 17.5. The monoisotopic (exact) mass is 381 g/mol. The summed E-state index contributed by atoms with van der Waals surface area (Å²) in [5.41, 5.74) is 0.961. The number of amides is 1. The van der Waals surface area contributed by atoms with Crippen molar-refractivity contribution in [2.45, 2.75) is 0 Å². The fourth-order valence-corrected chi connectivity index (χ4v) is 3.65. The Morgan fingerprint density at radius 2 is 1.96 bits per heavy atom. The molecule has 0 fully saturated rings. The number of aromatic nitrogens is 1. The third-order valence-corrected chi connectivity index (χ3v) is 5.20. The van der Waals surface area contributed by atoms with Crippen molar-refractivity contribution >= 4 is 46.3 Å². The number of nitrogens with zero attached hydrogens (tertiary/aromatic N) is 2. The van der Waals surface area contributed by atoms with Gasteiger partial charge >= 0.3 is 5.97 Å². The first-order valence-corrected chi connectivity index (χ1v) is 9.08. The fraction of sp³-hybridized carbons (Fsp3) is 0. The zero-order chi connectivity index (χ0) is 18.5. The Balaban J connectivity index is 1.75. The summed E-state index contributed by atoms with van der Waals surface area (Å²) in [4.78, 5) is 28.5. The van der Waals surface area contributed by atoms with E-state index in [0.29, 0.717) is 11.4 Å². The van der Waals surface area contributed by atoms with Crippen LogP contribution in [-0.4, -0.2) is 22.0 Å². The second kappa shape index (κ2) is 7.74. The molecule has 2 heterocycles. The van der Waals surface area contributed by atoms with Crippen LogP contribution in [0.5, 0.6) is 0 Å². The Bertz CT molecular complexity index is 1010. The molecular formula is C18H11N3O3S2. The molecule has 0 unspecified atom stereocenters. The summed E-state index contributed by atoms with van der Waals surface area (Å²) in [5.74, 6) is -1.63. The van der Waals surface area contributed by atoms with Gasteiger partial charge in [0, 0.05) is 11.1 Å². The van der Waals surface area contributed by atoms with E-state index in [9.17, 15) is 14.9 Å². The normalized spacial score (nSPS) is 11.0.